The van der Waals surface area contributed by atoms with Gasteiger partial charge in [-0.05, 0) is 31.4 Å². The fourth-order valence-corrected chi connectivity index (χ4v) is 2.14. The highest BCUT2D eigenvalue weighted by atomic mass is 16.3. The van der Waals surface area contributed by atoms with E-state index >= 15 is 0 Å². The van der Waals surface area contributed by atoms with Crippen LogP contribution in [0.15, 0.2) is 22.8 Å². The van der Waals surface area contributed by atoms with E-state index in [0.717, 1.165) is 25.0 Å². The zero-order chi connectivity index (χ0) is 11.4. The van der Waals surface area contributed by atoms with Crippen molar-refractivity contribution in [3.8, 4) is 0 Å². The number of nitrogens with one attached hydrogen (secondary N) is 1. The van der Waals surface area contributed by atoms with Gasteiger partial charge in [-0.3, -0.25) is 4.79 Å². The summed E-state index contributed by atoms with van der Waals surface area (Å²) in [5, 5.41) is 2.99. The second-order valence-electron chi connectivity index (χ2n) is 4.35. The fraction of sp³-hybridized carbons (Fsp3) is 0.583. The third kappa shape index (κ3) is 2.85. The summed E-state index contributed by atoms with van der Waals surface area (Å²) < 4.78 is 5.17. The molecule has 1 aromatic rings. The van der Waals surface area contributed by atoms with Crippen LogP contribution in [0.5, 0.6) is 0 Å². The van der Waals surface area contributed by atoms with E-state index in [4.69, 9.17) is 10.2 Å². The van der Waals surface area contributed by atoms with Crippen LogP contribution in [0.4, 0.5) is 0 Å². The van der Waals surface area contributed by atoms with Crippen molar-refractivity contribution >= 4 is 5.91 Å². The van der Waals surface area contributed by atoms with Crippen molar-refractivity contribution in [2.75, 3.05) is 0 Å². The van der Waals surface area contributed by atoms with Crippen molar-refractivity contribution in [3.63, 3.8) is 0 Å². The minimum Gasteiger partial charge on any atom is -0.469 e. The molecule has 2 unspecified atom stereocenters. The predicted molar refractivity (Wildman–Crippen MR) is 60.8 cm³/mol. The Balaban J connectivity index is 1.72. The van der Waals surface area contributed by atoms with Crippen LogP contribution in [0.1, 0.15) is 31.4 Å². The highest BCUT2D eigenvalue weighted by molar-refractivity contribution is 5.76. The molecule has 0 radical (unpaired) electrons. The van der Waals surface area contributed by atoms with Gasteiger partial charge in [0.2, 0.25) is 5.91 Å². The van der Waals surface area contributed by atoms with E-state index in [1.54, 1.807) is 6.26 Å². The third-order valence-electron chi connectivity index (χ3n) is 3.09. The summed E-state index contributed by atoms with van der Waals surface area (Å²) in [6.45, 7) is 0. The molecule has 1 heterocycles. The lowest BCUT2D eigenvalue weighted by Crippen LogP contribution is -2.44. The third-order valence-corrected chi connectivity index (χ3v) is 3.09. The number of nitrogens with two attached hydrogens (primary N) is 1. The Morgan fingerprint density at radius 3 is 3.06 bits per heavy atom. The maximum absolute atomic E-state index is 11.6. The van der Waals surface area contributed by atoms with Gasteiger partial charge < -0.3 is 15.5 Å². The van der Waals surface area contributed by atoms with Crippen molar-refractivity contribution in [3.05, 3.63) is 24.2 Å². The molecular formula is C12H18N2O2. The summed E-state index contributed by atoms with van der Waals surface area (Å²) in [4.78, 5) is 11.6. The molecule has 16 heavy (non-hydrogen) atoms. The van der Waals surface area contributed by atoms with Crippen LogP contribution in [-0.4, -0.2) is 18.0 Å². The topological polar surface area (TPSA) is 68.3 Å². The Morgan fingerprint density at radius 1 is 1.56 bits per heavy atom. The Kier molecular flexibility index (Phi) is 3.62. The highest BCUT2D eigenvalue weighted by Crippen LogP contribution is 2.17. The molecule has 4 heteroatoms. The molecule has 2 rings (SSSR count). The van der Waals surface area contributed by atoms with Crippen LogP contribution < -0.4 is 11.1 Å². The van der Waals surface area contributed by atoms with Crippen LogP contribution in [0, 0.1) is 0 Å². The summed E-state index contributed by atoms with van der Waals surface area (Å²) in [5.74, 6) is 0.921. The molecule has 1 aliphatic carbocycles. The van der Waals surface area contributed by atoms with Crippen molar-refractivity contribution < 1.29 is 9.21 Å². The normalized spacial score (nSPS) is 24.6. The number of hydrogen-bond donors (Lipinski definition) is 2. The Hall–Kier alpha value is -1.29. The molecule has 0 aliphatic heterocycles. The van der Waals surface area contributed by atoms with Crippen LogP contribution >= 0.6 is 0 Å². The van der Waals surface area contributed by atoms with Crippen LogP contribution in [0.25, 0.3) is 0 Å². The summed E-state index contributed by atoms with van der Waals surface area (Å²) in [7, 11) is 0. The molecule has 4 nitrogen and oxygen atoms in total. The molecule has 1 fully saturated rings. The van der Waals surface area contributed by atoms with Crippen LogP contribution in [-0.2, 0) is 11.2 Å². The molecule has 1 aromatic heterocycles. The second-order valence-corrected chi connectivity index (χ2v) is 4.35. The summed E-state index contributed by atoms with van der Waals surface area (Å²) in [5.41, 5.74) is 5.88. The average molecular weight is 222 g/mol. The molecule has 0 spiro atoms. The number of amides is 1. The Labute approximate surface area is 95.2 Å². The van der Waals surface area contributed by atoms with Gasteiger partial charge in [-0.15, -0.1) is 0 Å². The number of rotatable bonds is 4. The molecule has 3 N–H and O–H groups in total. The first kappa shape index (κ1) is 11.2. The van der Waals surface area contributed by atoms with E-state index in [-0.39, 0.29) is 18.0 Å². The number of carbonyl (C=O) groups excluding carboxylic acids is 1. The number of furan rings is 1. The molecular weight excluding hydrogens is 204 g/mol. The van der Waals surface area contributed by atoms with Gasteiger partial charge >= 0.3 is 0 Å². The van der Waals surface area contributed by atoms with Gasteiger partial charge in [0.15, 0.2) is 0 Å². The quantitative estimate of drug-likeness (QED) is 0.804. The first-order valence-corrected chi connectivity index (χ1v) is 5.83. The Morgan fingerprint density at radius 2 is 2.44 bits per heavy atom. The number of hydrogen-bond acceptors (Lipinski definition) is 3. The van der Waals surface area contributed by atoms with Gasteiger partial charge in [-0.25, -0.2) is 0 Å². The van der Waals surface area contributed by atoms with E-state index in [0.29, 0.717) is 12.8 Å². The van der Waals surface area contributed by atoms with Gasteiger partial charge in [0, 0.05) is 24.9 Å². The van der Waals surface area contributed by atoms with E-state index in [1.165, 1.54) is 0 Å². The molecule has 0 bridgehead atoms. The molecule has 0 aromatic carbocycles. The first-order chi connectivity index (χ1) is 7.75. The summed E-state index contributed by atoms with van der Waals surface area (Å²) in [6, 6.07) is 4.02. The van der Waals surface area contributed by atoms with E-state index < -0.39 is 0 Å². The zero-order valence-electron chi connectivity index (χ0n) is 9.32. The van der Waals surface area contributed by atoms with Gasteiger partial charge in [0.05, 0.1) is 6.26 Å². The molecule has 1 saturated carbocycles. The largest absolute Gasteiger partial charge is 0.469 e. The minimum absolute atomic E-state index is 0.0683. The van der Waals surface area contributed by atoms with Gasteiger partial charge in [-0.1, -0.05) is 0 Å². The fourth-order valence-electron chi connectivity index (χ4n) is 2.14. The van der Waals surface area contributed by atoms with Crippen molar-refractivity contribution in [1.29, 1.82) is 0 Å². The highest BCUT2D eigenvalue weighted by Gasteiger charge is 2.24. The zero-order valence-corrected chi connectivity index (χ0v) is 9.32. The monoisotopic (exact) mass is 222 g/mol. The predicted octanol–water partition coefficient (Wildman–Crippen LogP) is 1.21. The van der Waals surface area contributed by atoms with Crippen LogP contribution in [0.2, 0.25) is 0 Å². The van der Waals surface area contributed by atoms with Gasteiger partial charge in [0.1, 0.15) is 5.76 Å². The lowest BCUT2D eigenvalue weighted by molar-refractivity contribution is -0.121. The smallest absolute Gasteiger partial charge is 0.220 e. The van der Waals surface area contributed by atoms with Crippen molar-refractivity contribution in [2.24, 2.45) is 5.73 Å². The lowest BCUT2D eigenvalue weighted by Gasteiger charge is -2.16. The number of carbonyl (C=O) groups is 1. The first-order valence-electron chi connectivity index (χ1n) is 5.83. The van der Waals surface area contributed by atoms with Gasteiger partial charge in [-0.2, -0.15) is 0 Å². The minimum atomic E-state index is 0.0683. The maximum Gasteiger partial charge on any atom is 0.220 e. The van der Waals surface area contributed by atoms with Crippen molar-refractivity contribution in [1.82, 2.24) is 5.32 Å². The summed E-state index contributed by atoms with van der Waals surface area (Å²) >= 11 is 0. The van der Waals surface area contributed by atoms with E-state index in [2.05, 4.69) is 5.32 Å². The van der Waals surface area contributed by atoms with Crippen molar-refractivity contribution in [2.45, 2.75) is 44.2 Å². The average Bonchev–Trinajstić information content (AvgIpc) is 2.88. The van der Waals surface area contributed by atoms with E-state index in [1.807, 2.05) is 12.1 Å². The number of aryl methyl sites for hydroxylation is 1. The van der Waals surface area contributed by atoms with E-state index in [9.17, 15) is 4.79 Å². The molecule has 88 valence electrons. The molecule has 1 aliphatic rings. The Bertz CT molecular complexity index is 335. The molecule has 2 atom stereocenters. The standard InChI is InChI=1S/C12H18N2O2/c13-10-4-1-5-11(10)14-12(15)7-6-9-3-2-8-16-9/h2-3,8,10-11H,1,4-7,13H2,(H,14,15). The lowest BCUT2D eigenvalue weighted by atomic mass is 10.1. The summed E-state index contributed by atoms with van der Waals surface area (Å²) in [6.07, 6.45) is 5.89. The maximum atomic E-state index is 11.6. The SMILES string of the molecule is NC1CCCC1NC(=O)CCc1ccco1. The van der Waals surface area contributed by atoms with Gasteiger partial charge in [0.25, 0.3) is 0 Å². The van der Waals surface area contributed by atoms with Crippen LogP contribution in [0.3, 0.4) is 0 Å². The molecule has 1 amide bonds. The second kappa shape index (κ2) is 5.16. The molecule has 0 saturated heterocycles.